The molecule has 2 fully saturated rings. The van der Waals surface area contributed by atoms with Crippen molar-refractivity contribution in [2.75, 3.05) is 23.3 Å². The van der Waals surface area contributed by atoms with E-state index < -0.39 is 0 Å². The van der Waals surface area contributed by atoms with E-state index >= 15 is 0 Å². The van der Waals surface area contributed by atoms with Crippen LogP contribution in [0.5, 0.6) is 0 Å². The molecular formula is C26H30N4OS. The quantitative estimate of drug-likeness (QED) is 0.531. The summed E-state index contributed by atoms with van der Waals surface area (Å²) < 4.78 is 0. The second-order valence-corrected chi connectivity index (χ2v) is 10.2. The Balaban J connectivity index is 1.27. The van der Waals surface area contributed by atoms with Crippen molar-refractivity contribution in [2.24, 2.45) is 5.92 Å². The van der Waals surface area contributed by atoms with Gasteiger partial charge in [-0.1, -0.05) is 38.0 Å². The Kier molecular flexibility index (Phi) is 5.96. The molecule has 0 atom stereocenters. The minimum Gasteiger partial charge on any atom is -0.355 e. The summed E-state index contributed by atoms with van der Waals surface area (Å²) >= 11 is 1.69. The lowest BCUT2D eigenvalue weighted by Crippen LogP contribution is -2.37. The highest BCUT2D eigenvalue weighted by molar-refractivity contribution is 7.10. The van der Waals surface area contributed by atoms with Gasteiger partial charge in [-0.3, -0.25) is 4.79 Å². The van der Waals surface area contributed by atoms with Gasteiger partial charge in [-0.25, -0.2) is 0 Å². The summed E-state index contributed by atoms with van der Waals surface area (Å²) in [5.74, 6) is 1.87. The number of nitrogens with zero attached hydrogens (tertiary/aromatic N) is 3. The standard InChI is InChI=1S/C26H30N4OS/c1-19-12-16-30(17-13-19)24-11-10-22(28-29-24)20-6-8-21(9-7-20)27-25(31)26(14-2-3-15-26)23-5-4-18-32-23/h4-11,18-19H,2-3,12-17H2,1H3,(H,27,31). The van der Waals surface area contributed by atoms with Crippen LogP contribution in [-0.2, 0) is 10.2 Å². The number of rotatable bonds is 5. The molecule has 1 saturated carbocycles. The summed E-state index contributed by atoms with van der Waals surface area (Å²) in [5, 5.41) is 14.2. The number of carbonyl (C=O) groups excluding carboxylic acids is 1. The van der Waals surface area contributed by atoms with Crippen LogP contribution in [0.3, 0.4) is 0 Å². The van der Waals surface area contributed by atoms with Crippen molar-refractivity contribution in [2.45, 2.75) is 50.9 Å². The largest absolute Gasteiger partial charge is 0.355 e. The highest BCUT2D eigenvalue weighted by Gasteiger charge is 2.43. The Labute approximate surface area is 193 Å². The number of anilines is 2. The number of thiophene rings is 1. The van der Waals surface area contributed by atoms with E-state index in [-0.39, 0.29) is 11.3 Å². The molecule has 1 saturated heterocycles. The fourth-order valence-electron chi connectivity index (χ4n) is 4.98. The maximum absolute atomic E-state index is 13.3. The van der Waals surface area contributed by atoms with E-state index in [1.165, 1.54) is 17.7 Å². The molecule has 3 heterocycles. The first-order chi connectivity index (χ1) is 15.6. The third kappa shape index (κ3) is 4.16. The first-order valence-electron chi connectivity index (χ1n) is 11.7. The van der Waals surface area contributed by atoms with Crippen molar-refractivity contribution >= 4 is 28.7 Å². The Morgan fingerprint density at radius 2 is 1.78 bits per heavy atom. The molecule has 2 aromatic heterocycles. The van der Waals surface area contributed by atoms with Gasteiger partial charge in [0.1, 0.15) is 0 Å². The minimum absolute atomic E-state index is 0.116. The molecule has 2 aliphatic rings. The zero-order chi connectivity index (χ0) is 22.0. The van der Waals surface area contributed by atoms with Gasteiger partial charge in [0.05, 0.1) is 11.1 Å². The number of amides is 1. The first-order valence-corrected chi connectivity index (χ1v) is 12.6. The second-order valence-electron chi connectivity index (χ2n) is 9.24. The normalized spacial score (nSPS) is 18.6. The van der Waals surface area contributed by atoms with Crippen molar-refractivity contribution in [1.29, 1.82) is 0 Å². The molecule has 5 rings (SSSR count). The number of hydrogen-bond donors (Lipinski definition) is 1. The second kappa shape index (κ2) is 9.02. The molecule has 0 unspecified atom stereocenters. The van der Waals surface area contributed by atoms with Crippen molar-refractivity contribution in [3.63, 3.8) is 0 Å². The Morgan fingerprint density at radius 3 is 2.41 bits per heavy atom. The van der Waals surface area contributed by atoms with Gasteiger partial charge in [-0.15, -0.1) is 21.5 Å². The van der Waals surface area contributed by atoms with Crippen LogP contribution in [0.25, 0.3) is 11.3 Å². The summed E-state index contributed by atoms with van der Waals surface area (Å²) in [7, 11) is 0. The molecule has 0 bridgehead atoms. The molecular weight excluding hydrogens is 416 g/mol. The van der Waals surface area contributed by atoms with Crippen LogP contribution >= 0.6 is 11.3 Å². The van der Waals surface area contributed by atoms with Crippen LogP contribution in [0.1, 0.15) is 50.3 Å². The minimum atomic E-state index is -0.375. The molecule has 6 heteroatoms. The molecule has 1 aliphatic heterocycles. The molecule has 1 aromatic carbocycles. The van der Waals surface area contributed by atoms with Crippen LogP contribution < -0.4 is 10.2 Å². The van der Waals surface area contributed by atoms with E-state index in [2.05, 4.69) is 44.9 Å². The molecule has 0 spiro atoms. The fourth-order valence-corrected chi connectivity index (χ4v) is 5.96. The van der Waals surface area contributed by atoms with E-state index in [9.17, 15) is 4.79 Å². The number of aromatic nitrogens is 2. The Hall–Kier alpha value is -2.73. The van der Waals surface area contributed by atoms with Gasteiger partial charge in [0, 0.05) is 29.2 Å². The van der Waals surface area contributed by atoms with Gasteiger partial charge in [0.15, 0.2) is 5.82 Å². The molecule has 1 N–H and O–H groups in total. The van der Waals surface area contributed by atoms with Crippen LogP contribution in [0, 0.1) is 5.92 Å². The number of hydrogen-bond acceptors (Lipinski definition) is 5. The summed E-state index contributed by atoms with van der Waals surface area (Å²) in [5.41, 5.74) is 2.31. The number of benzene rings is 1. The van der Waals surface area contributed by atoms with Crippen molar-refractivity contribution in [3.05, 3.63) is 58.8 Å². The summed E-state index contributed by atoms with van der Waals surface area (Å²) in [6.45, 7) is 4.42. The summed E-state index contributed by atoms with van der Waals surface area (Å²) in [6.07, 6.45) is 6.49. The highest BCUT2D eigenvalue weighted by atomic mass is 32.1. The van der Waals surface area contributed by atoms with Gasteiger partial charge >= 0.3 is 0 Å². The van der Waals surface area contributed by atoms with E-state index in [4.69, 9.17) is 0 Å². The molecule has 3 aromatic rings. The highest BCUT2D eigenvalue weighted by Crippen LogP contribution is 2.44. The average molecular weight is 447 g/mol. The predicted molar refractivity (Wildman–Crippen MR) is 131 cm³/mol. The van der Waals surface area contributed by atoms with Crippen molar-refractivity contribution in [3.8, 4) is 11.3 Å². The lowest BCUT2D eigenvalue weighted by Gasteiger charge is -2.30. The summed E-state index contributed by atoms with van der Waals surface area (Å²) in [4.78, 5) is 16.8. The van der Waals surface area contributed by atoms with Crippen LogP contribution in [0.2, 0.25) is 0 Å². The SMILES string of the molecule is CC1CCN(c2ccc(-c3ccc(NC(=O)C4(c5cccs5)CCCC4)cc3)nn2)CC1. The van der Waals surface area contributed by atoms with Gasteiger partial charge in [-0.2, -0.15) is 0 Å². The fraction of sp³-hybridized carbons (Fsp3) is 0.423. The molecule has 32 heavy (non-hydrogen) atoms. The van der Waals surface area contributed by atoms with E-state index in [0.717, 1.165) is 67.5 Å². The third-order valence-corrected chi connectivity index (χ3v) is 8.16. The Morgan fingerprint density at radius 1 is 1.03 bits per heavy atom. The number of nitrogens with one attached hydrogen (secondary N) is 1. The van der Waals surface area contributed by atoms with E-state index in [0.29, 0.717) is 0 Å². The molecule has 1 amide bonds. The molecule has 1 aliphatic carbocycles. The smallest absolute Gasteiger partial charge is 0.235 e. The van der Waals surface area contributed by atoms with Crippen molar-refractivity contribution < 1.29 is 4.79 Å². The monoisotopic (exact) mass is 446 g/mol. The lowest BCUT2D eigenvalue weighted by atomic mass is 9.83. The lowest BCUT2D eigenvalue weighted by molar-refractivity contribution is -0.121. The molecule has 0 radical (unpaired) electrons. The maximum Gasteiger partial charge on any atom is 0.235 e. The van der Waals surface area contributed by atoms with E-state index in [1.54, 1.807) is 11.3 Å². The number of piperidine rings is 1. The predicted octanol–water partition coefficient (Wildman–Crippen LogP) is 5.89. The zero-order valence-corrected chi connectivity index (χ0v) is 19.4. The van der Waals surface area contributed by atoms with Gasteiger partial charge < -0.3 is 10.2 Å². The average Bonchev–Trinajstić information content (AvgIpc) is 3.53. The molecule has 5 nitrogen and oxygen atoms in total. The van der Waals surface area contributed by atoms with E-state index in [1.807, 2.05) is 36.4 Å². The summed E-state index contributed by atoms with van der Waals surface area (Å²) in [6, 6.07) is 16.2. The zero-order valence-electron chi connectivity index (χ0n) is 18.6. The van der Waals surface area contributed by atoms with Gasteiger partial charge in [-0.05, 0) is 67.3 Å². The van der Waals surface area contributed by atoms with Gasteiger partial charge in [0.25, 0.3) is 0 Å². The maximum atomic E-state index is 13.3. The van der Waals surface area contributed by atoms with Crippen molar-refractivity contribution in [1.82, 2.24) is 10.2 Å². The van der Waals surface area contributed by atoms with Gasteiger partial charge in [0.2, 0.25) is 5.91 Å². The first kappa shape index (κ1) is 21.1. The van der Waals surface area contributed by atoms with Crippen LogP contribution in [0.4, 0.5) is 11.5 Å². The Bertz CT molecular complexity index is 1030. The molecule has 166 valence electrons. The van der Waals surface area contributed by atoms with Crippen LogP contribution in [0.15, 0.2) is 53.9 Å². The number of carbonyl (C=O) groups is 1. The third-order valence-electron chi connectivity index (χ3n) is 7.08. The topological polar surface area (TPSA) is 58.1 Å². The van der Waals surface area contributed by atoms with Crippen LogP contribution in [-0.4, -0.2) is 29.2 Å².